The van der Waals surface area contributed by atoms with E-state index < -0.39 is 0 Å². The first-order valence-electron chi connectivity index (χ1n) is 2.84. The van der Waals surface area contributed by atoms with E-state index in [1.54, 1.807) is 13.0 Å². The van der Waals surface area contributed by atoms with E-state index in [4.69, 9.17) is 0 Å². The Bertz CT molecular complexity index is 196. The van der Waals surface area contributed by atoms with Crippen LogP contribution in [-0.2, 0) is 0 Å². The van der Waals surface area contributed by atoms with Crippen LogP contribution in [0.3, 0.4) is 0 Å². The second-order valence-electron chi connectivity index (χ2n) is 2.11. The minimum atomic E-state index is -0.171. The second kappa shape index (κ2) is 2.18. The van der Waals surface area contributed by atoms with Crippen molar-refractivity contribution in [3.05, 3.63) is 35.1 Å². The van der Waals surface area contributed by atoms with Gasteiger partial charge in [0.05, 0.1) is 0 Å². The van der Waals surface area contributed by atoms with Crippen molar-refractivity contribution in [2.24, 2.45) is 0 Å². The number of halogens is 1. The lowest BCUT2D eigenvalue weighted by molar-refractivity contribution is 0.616. The van der Waals surface area contributed by atoms with Crippen LogP contribution in [0.25, 0.3) is 0 Å². The highest BCUT2D eigenvalue weighted by Crippen LogP contribution is 2.08. The Balaban J connectivity index is 3.25. The highest BCUT2D eigenvalue weighted by atomic mass is 19.1. The molecular weight excluding hydrogens is 115 g/mol. The molecule has 1 radical (unpaired) electrons. The molecule has 0 atom stereocenters. The summed E-state index contributed by atoms with van der Waals surface area (Å²) in [5.41, 5.74) is 1.67. The molecule has 0 fully saturated rings. The van der Waals surface area contributed by atoms with Gasteiger partial charge in [0, 0.05) is 0 Å². The van der Waals surface area contributed by atoms with Crippen LogP contribution in [-0.4, -0.2) is 0 Å². The molecule has 0 nitrogen and oxygen atoms in total. The lowest BCUT2D eigenvalue weighted by atomic mass is 10.1. The molecule has 0 amide bonds. The summed E-state index contributed by atoms with van der Waals surface area (Å²) < 4.78 is 12.5. The zero-order valence-electron chi connectivity index (χ0n) is 5.53. The molecule has 0 aliphatic carbocycles. The average molecular weight is 123 g/mol. The first kappa shape index (κ1) is 6.27. The van der Waals surface area contributed by atoms with Gasteiger partial charge in [0.2, 0.25) is 0 Å². The molecule has 0 saturated carbocycles. The lowest BCUT2D eigenvalue weighted by Gasteiger charge is -1.97. The molecule has 0 heterocycles. The first-order valence-corrected chi connectivity index (χ1v) is 2.84. The van der Waals surface area contributed by atoms with Crippen molar-refractivity contribution in [2.45, 2.75) is 13.8 Å². The first-order chi connectivity index (χ1) is 4.22. The fourth-order valence-electron chi connectivity index (χ4n) is 0.645. The summed E-state index contributed by atoms with van der Waals surface area (Å²) in [6.45, 7) is 3.63. The van der Waals surface area contributed by atoms with Gasteiger partial charge in [-0.1, -0.05) is 6.07 Å². The average Bonchev–Trinajstić information content (AvgIpc) is 1.83. The Kier molecular flexibility index (Phi) is 1.52. The Labute approximate surface area is 54.3 Å². The van der Waals surface area contributed by atoms with Gasteiger partial charge in [-0.3, -0.25) is 0 Å². The van der Waals surface area contributed by atoms with Crippen molar-refractivity contribution in [1.82, 2.24) is 0 Å². The maximum Gasteiger partial charge on any atom is 0.126 e. The van der Waals surface area contributed by atoms with Gasteiger partial charge in [-0.25, -0.2) is 4.39 Å². The SMILES string of the molecule is Cc1c[c]cc(F)c1C. The quantitative estimate of drug-likeness (QED) is 0.496. The summed E-state index contributed by atoms with van der Waals surface area (Å²) >= 11 is 0. The summed E-state index contributed by atoms with van der Waals surface area (Å²) in [7, 11) is 0. The van der Waals surface area contributed by atoms with Gasteiger partial charge in [-0.15, -0.1) is 0 Å². The van der Waals surface area contributed by atoms with Crippen LogP contribution in [0.4, 0.5) is 4.39 Å². The van der Waals surface area contributed by atoms with Crippen molar-refractivity contribution in [1.29, 1.82) is 0 Å². The fourth-order valence-corrected chi connectivity index (χ4v) is 0.645. The summed E-state index contributed by atoms with van der Waals surface area (Å²) in [6.07, 6.45) is 0. The second-order valence-corrected chi connectivity index (χ2v) is 2.11. The van der Waals surface area contributed by atoms with Crippen molar-refractivity contribution < 1.29 is 4.39 Å². The van der Waals surface area contributed by atoms with E-state index in [2.05, 4.69) is 6.07 Å². The van der Waals surface area contributed by atoms with Crippen LogP contribution >= 0.6 is 0 Å². The van der Waals surface area contributed by atoms with Gasteiger partial charge in [0.15, 0.2) is 0 Å². The number of hydrogen-bond acceptors (Lipinski definition) is 0. The molecule has 1 aromatic carbocycles. The van der Waals surface area contributed by atoms with Crippen LogP contribution in [0.2, 0.25) is 0 Å². The van der Waals surface area contributed by atoms with E-state index in [-0.39, 0.29) is 5.82 Å². The van der Waals surface area contributed by atoms with E-state index in [1.165, 1.54) is 6.07 Å². The molecule has 1 aromatic rings. The molecule has 0 aliphatic rings. The van der Waals surface area contributed by atoms with Gasteiger partial charge < -0.3 is 0 Å². The molecule has 9 heavy (non-hydrogen) atoms. The third kappa shape index (κ3) is 1.10. The molecule has 0 aromatic heterocycles. The Morgan fingerprint density at radius 2 is 2.00 bits per heavy atom. The number of rotatable bonds is 0. The standard InChI is InChI=1S/C8H8F/c1-6-4-3-5-8(9)7(6)2/h4-5H,1-2H3. The molecule has 0 aliphatic heterocycles. The zero-order chi connectivity index (χ0) is 6.85. The van der Waals surface area contributed by atoms with Crippen molar-refractivity contribution in [2.75, 3.05) is 0 Å². The van der Waals surface area contributed by atoms with Crippen molar-refractivity contribution >= 4 is 0 Å². The predicted molar refractivity (Wildman–Crippen MR) is 34.7 cm³/mol. The number of benzene rings is 1. The Hall–Kier alpha value is -0.850. The summed E-state index contributed by atoms with van der Waals surface area (Å²) in [4.78, 5) is 0. The Morgan fingerprint density at radius 3 is 2.44 bits per heavy atom. The van der Waals surface area contributed by atoms with Gasteiger partial charge in [0.1, 0.15) is 5.82 Å². The number of aryl methyl sites for hydroxylation is 1. The maximum atomic E-state index is 12.5. The molecule has 1 heteroatoms. The third-order valence-corrected chi connectivity index (χ3v) is 1.46. The molecular formula is C8H8F. The molecule has 0 bridgehead atoms. The van der Waals surface area contributed by atoms with Gasteiger partial charge in [-0.2, -0.15) is 0 Å². The Morgan fingerprint density at radius 1 is 1.33 bits per heavy atom. The minimum absolute atomic E-state index is 0.171. The summed E-state index contributed by atoms with van der Waals surface area (Å²) in [5, 5.41) is 0. The zero-order valence-corrected chi connectivity index (χ0v) is 5.53. The van der Waals surface area contributed by atoms with E-state index in [0.717, 1.165) is 5.56 Å². The number of hydrogen-bond donors (Lipinski definition) is 0. The molecule has 0 N–H and O–H groups in total. The molecule has 47 valence electrons. The smallest absolute Gasteiger partial charge is 0.126 e. The monoisotopic (exact) mass is 123 g/mol. The van der Waals surface area contributed by atoms with Crippen LogP contribution in [0.1, 0.15) is 11.1 Å². The maximum absolute atomic E-state index is 12.5. The van der Waals surface area contributed by atoms with Crippen LogP contribution < -0.4 is 0 Å². The largest absolute Gasteiger partial charge is 0.207 e. The highest BCUT2D eigenvalue weighted by molar-refractivity contribution is 5.24. The van der Waals surface area contributed by atoms with Gasteiger partial charge in [-0.05, 0) is 37.1 Å². The fraction of sp³-hybridized carbons (Fsp3) is 0.250. The normalized spacial score (nSPS) is 9.67. The lowest BCUT2D eigenvalue weighted by Crippen LogP contribution is -1.84. The third-order valence-electron chi connectivity index (χ3n) is 1.46. The van der Waals surface area contributed by atoms with Gasteiger partial charge in [0.25, 0.3) is 0 Å². The van der Waals surface area contributed by atoms with Crippen molar-refractivity contribution in [3.8, 4) is 0 Å². The van der Waals surface area contributed by atoms with E-state index in [0.29, 0.717) is 5.56 Å². The highest BCUT2D eigenvalue weighted by Gasteiger charge is 1.96. The molecule has 1 rings (SSSR count). The van der Waals surface area contributed by atoms with E-state index >= 15 is 0 Å². The topological polar surface area (TPSA) is 0 Å². The van der Waals surface area contributed by atoms with Crippen LogP contribution in [0, 0.1) is 25.7 Å². The van der Waals surface area contributed by atoms with Gasteiger partial charge >= 0.3 is 0 Å². The molecule has 0 unspecified atom stereocenters. The predicted octanol–water partition coefficient (Wildman–Crippen LogP) is 2.24. The van der Waals surface area contributed by atoms with E-state index in [1.807, 2.05) is 6.92 Å². The summed E-state index contributed by atoms with van der Waals surface area (Å²) in [6, 6.07) is 5.82. The van der Waals surface area contributed by atoms with Crippen LogP contribution in [0.5, 0.6) is 0 Å². The van der Waals surface area contributed by atoms with Crippen molar-refractivity contribution in [3.63, 3.8) is 0 Å². The van der Waals surface area contributed by atoms with E-state index in [9.17, 15) is 4.39 Å². The molecule has 0 saturated heterocycles. The minimum Gasteiger partial charge on any atom is -0.207 e. The molecule has 0 spiro atoms. The summed E-state index contributed by atoms with van der Waals surface area (Å²) in [5.74, 6) is -0.171. The van der Waals surface area contributed by atoms with Crippen LogP contribution in [0.15, 0.2) is 12.1 Å².